The van der Waals surface area contributed by atoms with E-state index in [1.807, 2.05) is 12.1 Å². The molecule has 2 aromatic rings. The molecule has 1 aliphatic rings. The van der Waals surface area contributed by atoms with E-state index >= 15 is 0 Å². The summed E-state index contributed by atoms with van der Waals surface area (Å²) in [6.45, 7) is 3.08. The maximum Gasteiger partial charge on any atom is 0.0317 e. The molecule has 1 aliphatic heterocycles. The highest BCUT2D eigenvalue weighted by Gasteiger charge is 2.18. The van der Waals surface area contributed by atoms with Gasteiger partial charge in [0.15, 0.2) is 0 Å². The normalized spacial score (nSPS) is 15.2. The van der Waals surface area contributed by atoms with Crippen LogP contribution >= 0.6 is 15.9 Å². The summed E-state index contributed by atoms with van der Waals surface area (Å²) >= 11 is 3.66. The van der Waals surface area contributed by atoms with Gasteiger partial charge in [0.05, 0.1) is 0 Å². The molecule has 1 heterocycles. The number of nitrogens with zero attached hydrogens (tertiary/aromatic N) is 1. The maximum absolute atomic E-state index is 5.84. The van der Waals surface area contributed by atoms with Crippen LogP contribution in [0.5, 0.6) is 0 Å². The molecule has 0 amide bonds. The van der Waals surface area contributed by atoms with Crippen molar-refractivity contribution in [3.63, 3.8) is 0 Å². The summed E-state index contributed by atoms with van der Waals surface area (Å²) in [4.78, 5) is 2.47. The van der Waals surface area contributed by atoms with Gasteiger partial charge >= 0.3 is 0 Å². The first kappa shape index (κ1) is 12.7. The minimum absolute atomic E-state index is 0.844. The zero-order valence-electron chi connectivity index (χ0n) is 10.8. The van der Waals surface area contributed by atoms with Crippen molar-refractivity contribution in [1.29, 1.82) is 0 Å². The van der Waals surface area contributed by atoms with Gasteiger partial charge in [-0.05, 0) is 41.3 Å². The molecule has 0 saturated heterocycles. The molecule has 0 radical (unpaired) electrons. The molecule has 98 valence electrons. The fourth-order valence-corrected chi connectivity index (χ4v) is 3.21. The van der Waals surface area contributed by atoms with E-state index in [4.69, 9.17) is 5.73 Å². The fourth-order valence-electron chi connectivity index (χ4n) is 2.68. The molecule has 0 saturated carbocycles. The SMILES string of the molecule is Nc1cccc(CN2CCc3cccc(Br)c3C2)c1. The van der Waals surface area contributed by atoms with E-state index in [1.54, 1.807) is 0 Å². The molecule has 3 rings (SSSR count). The highest BCUT2D eigenvalue weighted by molar-refractivity contribution is 9.10. The van der Waals surface area contributed by atoms with Gasteiger partial charge in [-0.2, -0.15) is 0 Å². The minimum Gasteiger partial charge on any atom is -0.399 e. The molecule has 19 heavy (non-hydrogen) atoms. The summed E-state index contributed by atoms with van der Waals surface area (Å²) < 4.78 is 1.22. The van der Waals surface area contributed by atoms with Crippen molar-refractivity contribution in [3.8, 4) is 0 Å². The Bertz CT molecular complexity index is 595. The maximum atomic E-state index is 5.84. The van der Waals surface area contributed by atoms with Gasteiger partial charge in [-0.25, -0.2) is 0 Å². The van der Waals surface area contributed by atoms with Crippen LogP contribution in [0.2, 0.25) is 0 Å². The van der Waals surface area contributed by atoms with Gasteiger partial charge in [0.2, 0.25) is 0 Å². The van der Waals surface area contributed by atoms with Gasteiger partial charge in [0.25, 0.3) is 0 Å². The van der Waals surface area contributed by atoms with Crippen LogP contribution in [0.3, 0.4) is 0 Å². The monoisotopic (exact) mass is 316 g/mol. The van der Waals surface area contributed by atoms with E-state index in [2.05, 4.69) is 51.2 Å². The van der Waals surface area contributed by atoms with Crippen molar-refractivity contribution in [1.82, 2.24) is 4.90 Å². The topological polar surface area (TPSA) is 29.3 Å². The third-order valence-corrected chi connectivity index (χ3v) is 4.40. The summed E-state index contributed by atoms with van der Waals surface area (Å²) in [5.74, 6) is 0. The first-order chi connectivity index (χ1) is 9.22. The van der Waals surface area contributed by atoms with Crippen molar-refractivity contribution in [2.75, 3.05) is 12.3 Å². The Balaban J connectivity index is 1.77. The number of nitrogen functional groups attached to an aromatic ring is 1. The van der Waals surface area contributed by atoms with Crippen LogP contribution in [0.25, 0.3) is 0 Å². The molecular formula is C16H17BrN2. The van der Waals surface area contributed by atoms with Crippen molar-refractivity contribution >= 4 is 21.6 Å². The molecule has 2 nitrogen and oxygen atoms in total. The summed E-state index contributed by atoms with van der Waals surface area (Å²) in [6.07, 6.45) is 1.12. The van der Waals surface area contributed by atoms with Crippen LogP contribution in [0.15, 0.2) is 46.9 Å². The number of hydrogen-bond acceptors (Lipinski definition) is 2. The summed E-state index contributed by atoms with van der Waals surface area (Å²) in [6, 6.07) is 14.7. The van der Waals surface area contributed by atoms with Gasteiger partial charge in [-0.15, -0.1) is 0 Å². The number of hydrogen-bond donors (Lipinski definition) is 1. The predicted octanol–water partition coefficient (Wildman–Crippen LogP) is 3.59. The van der Waals surface area contributed by atoms with Gasteiger partial charge < -0.3 is 5.73 Å². The molecule has 0 fully saturated rings. The second-order valence-electron chi connectivity index (χ2n) is 5.08. The van der Waals surface area contributed by atoms with Crippen molar-refractivity contribution in [2.45, 2.75) is 19.5 Å². The highest BCUT2D eigenvalue weighted by atomic mass is 79.9. The lowest BCUT2D eigenvalue weighted by Gasteiger charge is -2.29. The zero-order chi connectivity index (χ0) is 13.2. The van der Waals surface area contributed by atoms with Crippen LogP contribution in [0, 0.1) is 0 Å². The third-order valence-electron chi connectivity index (χ3n) is 3.65. The molecule has 0 aliphatic carbocycles. The van der Waals surface area contributed by atoms with E-state index in [0.29, 0.717) is 0 Å². The van der Waals surface area contributed by atoms with Crippen molar-refractivity contribution in [2.24, 2.45) is 0 Å². The molecule has 3 heteroatoms. The quantitative estimate of drug-likeness (QED) is 0.858. The Hall–Kier alpha value is -1.32. The molecule has 0 spiro atoms. The molecule has 0 bridgehead atoms. The molecule has 2 aromatic carbocycles. The second-order valence-corrected chi connectivity index (χ2v) is 5.94. The summed E-state index contributed by atoms with van der Waals surface area (Å²) in [5.41, 5.74) is 10.9. The first-order valence-electron chi connectivity index (χ1n) is 6.55. The van der Waals surface area contributed by atoms with Gasteiger partial charge in [-0.1, -0.05) is 40.2 Å². The largest absolute Gasteiger partial charge is 0.399 e. The first-order valence-corrected chi connectivity index (χ1v) is 7.35. The van der Waals surface area contributed by atoms with Crippen LogP contribution in [-0.2, 0) is 19.5 Å². The van der Waals surface area contributed by atoms with Crippen LogP contribution in [-0.4, -0.2) is 11.4 Å². The average Bonchev–Trinajstić information content (AvgIpc) is 2.40. The number of nitrogens with two attached hydrogens (primary N) is 1. The lowest BCUT2D eigenvalue weighted by molar-refractivity contribution is 0.245. The minimum atomic E-state index is 0.844. The smallest absolute Gasteiger partial charge is 0.0317 e. The van der Waals surface area contributed by atoms with Crippen molar-refractivity contribution in [3.05, 3.63) is 63.6 Å². The molecule has 0 unspecified atom stereocenters. The average molecular weight is 317 g/mol. The summed E-state index contributed by atoms with van der Waals surface area (Å²) in [5, 5.41) is 0. The van der Waals surface area contributed by atoms with E-state index in [1.165, 1.54) is 21.2 Å². The van der Waals surface area contributed by atoms with Gasteiger partial charge in [0.1, 0.15) is 0 Å². The highest BCUT2D eigenvalue weighted by Crippen LogP contribution is 2.27. The van der Waals surface area contributed by atoms with Crippen LogP contribution in [0.4, 0.5) is 5.69 Å². The Morgan fingerprint density at radius 3 is 2.84 bits per heavy atom. The Morgan fingerprint density at radius 1 is 1.16 bits per heavy atom. The van der Waals surface area contributed by atoms with Gasteiger partial charge in [0, 0.05) is 29.8 Å². The number of fused-ring (bicyclic) bond motifs is 1. The zero-order valence-corrected chi connectivity index (χ0v) is 12.4. The van der Waals surface area contributed by atoms with E-state index in [9.17, 15) is 0 Å². The Morgan fingerprint density at radius 2 is 2.00 bits per heavy atom. The Kier molecular flexibility index (Phi) is 3.58. The summed E-state index contributed by atoms with van der Waals surface area (Å²) in [7, 11) is 0. The molecule has 0 aromatic heterocycles. The molecular weight excluding hydrogens is 300 g/mol. The number of benzene rings is 2. The standard InChI is InChI=1S/C16H17BrN2/c17-16-6-2-4-13-7-8-19(11-15(13)16)10-12-3-1-5-14(18)9-12/h1-6,9H,7-8,10-11,18H2. The van der Waals surface area contributed by atoms with E-state index in [-0.39, 0.29) is 0 Å². The van der Waals surface area contributed by atoms with E-state index in [0.717, 1.165) is 31.7 Å². The third kappa shape index (κ3) is 2.82. The lowest BCUT2D eigenvalue weighted by Crippen LogP contribution is -2.30. The predicted molar refractivity (Wildman–Crippen MR) is 82.8 cm³/mol. The van der Waals surface area contributed by atoms with Crippen molar-refractivity contribution < 1.29 is 0 Å². The molecule has 0 atom stereocenters. The van der Waals surface area contributed by atoms with E-state index < -0.39 is 0 Å². The number of anilines is 1. The van der Waals surface area contributed by atoms with Crippen LogP contribution < -0.4 is 5.73 Å². The lowest BCUT2D eigenvalue weighted by atomic mass is 9.99. The fraction of sp³-hybridized carbons (Fsp3) is 0.250. The molecule has 2 N–H and O–H groups in total. The number of rotatable bonds is 2. The second kappa shape index (κ2) is 5.35. The van der Waals surface area contributed by atoms with Gasteiger partial charge in [-0.3, -0.25) is 4.90 Å². The van der Waals surface area contributed by atoms with Crippen LogP contribution in [0.1, 0.15) is 16.7 Å². The Labute approximate surface area is 122 Å². The number of halogens is 1.